The molecule has 0 aliphatic rings. The zero-order chi connectivity index (χ0) is 29.0. The smallest absolute Gasteiger partial charge is 0.0417 e. The molecule has 0 heterocycles. The summed E-state index contributed by atoms with van der Waals surface area (Å²) >= 11 is 0. The second-order valence-corrected chi connectivity index (χ2v) is 11.7. The van der Waals surface area contributed by atoms with Gasteiger partial charge in [-0.05, 0) is 17.8 Å². The SMILES string of the molecule is [CH2]C(CC)CCCC.[CH2]CC(C)CCCC(C)C.[CH2]CCCCCCCC.[CH2]CCCCCCCCC. The lowest BCUT2D eigenvalue weighted by Crippen LogP contribution is -1.94. The summed E-state index contributed by atoms with van der Waals surface area (Å²) in [5, 5.41) is 0. The van der Waals surface area contributed by atoms with Crippen molar-refractivity contribution in [2.75, 3.05) is 0 Å². The lowest BCUT2D eigenvalue weighted by Gasteiger charge is -2.08. The van der Waals surface area contributed by atoms with Crippen molar-refractivity contribution >= 4 is 0 Å². The predicted octanol–water partition coefficient (Wildman–Crippen LogP) is 14.2. The van der Waals surface area contributed by atoms with Crippen molar-refractivity contribution in [3.63, 3.8) is 0 Å². The molecule has 226 valence electrons. The molecule has 0 nitrogen and oxygen atoms in total. The van der Waals surface area contributed by atoms with Crippen LogP contribution in [0.1, 0.15) is 196 Å². The summed E-state index contributed by atoms with van der Waals surface area (Å²) in [6, 6.07) is 0. The lowest BCUT2D eigenvalue weighted by atomic mass is 9.98. The van der Waals surface area contributed by atoms with E-state index in [2.05, 4.69) is 76.2 Å². The Hall–Kier alpha value is 0. The standard InChI is InChI=1S/2C10H21.C9H19.C8H17/c1-5-10(4)8-6-7-9(2)3;1-3-5-7-9-10-8-6-4-2;1-3-5-7-9-8-6-4-2;1-4-6-7-8(3)5-2/h9-10H,1,5-8H2,2-4H3;1,3-10H2,2H3;1,3-9H2,2H3;8H,3-7H2,1-2H3. The van der Waals surface area contributed by atoms with Gasteiger partial charge in [0.2, 0.25) is 0 Å². The van der Waals surface area contributed by atoms with Gasteiger partial charge < -0.3 is 0 Å². The van der Waals surface area contributed by atoms with Crippen molar-refractivity contribution < 1.29 is 0 Å². The summed E-state index contributed by atoms with van der Waals surface area (Å²) in [5.41, 5.74) is 0. The maximum absolute atomic E-state index is 3.99. The molecule has 0 saturated carbocycles. The molecule has 0 saturated heterocycles. The van der Waals surface area contributed by atoms with E-state index in [1.54, 1.807) is 0 Å². The minimum Gasteiger partial charge on any atom is -0.0654 e. The van der Waals surface area contributed by atoms with Gasteiger partial charge in [0.05, 0.1) is 0 Å². The first kappa shape index (κ1) is 44.0. The van der Waals surface area contributed by atoms with Crippen LogP contribution < -0.4 is 0 Å². The molecule has 0 rings (SSSR count). The predicted molar refractivity (Wildman–Crippen MR) is 178 cm³/mol. The minimum atomic E-state index is 0.704. The van der Waals surface area contributed by atoms with Crippen LogP contribution in [0.25, 0.3) is 0 Å². The van der Waals surface area contributed by atoms with Crippen LogP contribution in [-0.4, -0.2) is 0 Å². The van der Waals surface area contributed by atoms with Crippen molar-refractivity contribution in [1.82, 2.24) is 0 Å². The molecule has 37 heavy (non-hydrogen) atoms. The molecule has 0 spiro atoms. The molecule has 2 atom stereocenters. The van der Waals surface area contributed by atoms with Gasteiger partial charge in [-0.25, -0.2) is 0 Å². The van der Waals surface area contributed by atoms with Crippen LogP contribution in [0.3, 0.4) is 0 Å². The molecule has 0 aliphatic carbocycles. The van der Waals surface area contributed by atoms with Crippen molar-refractivity contribution in [2.24, 2.45) is 17.8 Å². The fraction of sp³-hybridized carbons (Fsp3) is 0.892. The average Bonchev–Trinajstić information content (AvgIpc) is 2.90. The van der Waals surface area contributed by atoms with Crippen LogP contribution >= 0.6 is 0 Å². The normalized spacial score (nSPS) is 12.0. The number of unbranched alkanes of at least 4 members (excludes halogenated alkanes) is 14. The second kappa shape index (κ2) is 43.1. The number of hydrogen-bond donors (Lipinski definition) is 0. The highest BCUT2D eigenvalue weighted by Crippen LogP contribution is 2.14. The van der Waals surface area contributed by atoms with Gasteiger partial charge in [-0.3, -0.25) is 0 Å². The van der Waals surface area contributed by atoms with E-state index < -0.39 is 0 Å². The fourth-order valence-corrected chi connectivity index (χ4v) is 3.81. The largest absolute Gasteiger partial charge is 0.0654 e. The van der Waals surface area contributed by atoms with Crippen LogP contribution in [-0.2, 0) is 0 Å². The highest BCUT2D eigenvalue weighted by atomic mass is 14.1. The van der Waals surface area contributed by atoms with Gasteiger partial charge >= 0.3 is 0 Å². The minimum absolute atomic E-state index is 0.704. The van der Waals surface area contributed by atoms with Gasteiger partial charge in [-0.1, -0.05) is 224 Å². The molecule has 0 aromatic carbocycles. The van der Waals surface area contributed by atoms with E-state index in [9.17, 15) is 0 Å². The van der Waals surface area contributed by atoms with Gasteiger partial charge in [0.25, 0.3) is 0 Å². The van der Waals surface area contributed by atoms with Crippen LogP contribution in [0.4, 0.5) is 0 Å². The molecular weight excluding hydrogens is 444 g/mol. The first-order valence-electron chi connectivity index (χ1n) is 17.0. The van der Waals surface area contributed by atoms with Gasteiger partial charge in [0.1, 0.15) is 0 Å². The van der Waals surface area contributed by atoms with Gasteiger partial charge in [0, 0.05) is 0 Å². The Morgan fingerprint density at radius 2 is 0.865 bits per heavy atom. The monoisotopic (exact) mass is 523 g/mol. The van der Waals surface area contributed by atoms with Gasteiger partial charge in [-0.15, -0.1) is 0 Å². The Morgan fingerprint density at radius 1 is 0.459 bits per heavy atom. The molecule has 0 aromatic heterocycles. The van der Waals surface area contributed by atoms with Gasteiger partial charge in [-0.2, -0.15) is 0 Å². The maximum atomic E-state index is 3.99. The van der Waals surface area contributed by atoms with Crippen LogP contribution in [0, 0.1) is 45.4 Å². The van der Waals surface area contributed by atoms with E-state index in [1.807, 2.05) is 0 Å². The highest BCUT2D eigenvalue weighted by Gasteiger charge is 1.99. The Morgan fingerprint density at radius 3 is 1.19 bits per heavy atom. The molecule has 0 N–H and O–H groups in total. The summed E-state index contributed by atoms with van der Waals surface area (Å²) in [6.45, 7) is 31.3. The van der Waals surface area contributed by atoms with Crippen molar-refractivity contribution in [2.45, 2.75) is 196 Å². The van der Waals surface area contributed by atoms with E-state index in [0.29, 0.717) is 5.92 Å². The lowest BCUT2D eigenvalue weighted by molar-refractivity contribution is 0.460. The molecule has 0 bridgehead atoms. The Balaban J connectivity index is -0.000000197. The fourth-order valence-electron chi connectivity index (χ4n) is 3.81. The summed E-state index contributed by atoms with van der Waals surface area (Å²) in [6.07, 6.45) is 30.8. The third kappa shape index (κ3) is 57.1. The summed E-state index contributed by atoms with van der Waals surface area (Å²) in [4.78, 5) is 0. The first-order valence-corrected chi connectivity index (χ1v) is 17.0. The Kier molecular flexibility index (Phi) is 51.3. The molecule has 0 aromatic rings. The molecular formula is C37H78. The van der Waals surface area contributed by atoms with E-state index in [1.165, 1.54) is 128 Å². The van der Waals surface area contributed by atoms with Crippen molar-refractivity contribution in [1.29, 1.82) is 0 Å². The average molecular weight is 523 g/mol. The number of hydrogen-bond acceptors (Lipinski definition) is 0. The second-order valence-electron chi connectivity index (χ2n) is 11.7. The molecule has 0 amide bonds. The summed E-state index contributed by atoms with van der Waals surface area (Å²) in [7, 11) is 0. The van der Waals surface area contributed by atoms with E-state index in [4.69, 9.17) is 0 Å². The summed E-state index contributed by atoms with van der Waals surface area (Å²) < 4.78 is 0. The van der Waals surface area contributed by atoms with E-state index >= 15 is 0 Å². The molecule has 4 radical (unpaired) electrons. The molecule has 0 fully saturated rings. The summed E-state index contributed by atoms with van der Waals surface area (Å²) in [5.74, 6) is 2.41. The molecule has 2 unspecified atom stereocenters. The number of rotatable bonds is 22. The zero-order valence-electron chi connectivity index (χ0n) is 27.8. The third-order valence-electron chi connectivity index (χ3n) is 6.97. The van der Waals surface area contributed by atoms with Crippen LogP contribution in [0.15, 0.2) is 0 Å². The Labute approximate surface area is 241 Å². The van der Waals surface area contributed by atoms with Crippen molar-refractivity contribution in [3.05, 3.63) is 27.7 Å². The first-order chi connectivity index (χ1) is 17.8. The maximum Gasteiger partial charge on any atom is -0.0417 e. The molecule has 0 heteroatoms. The topological polar surface area (TPSA) is 0 Å². The Bertz CT molecular complexity index is 304. The molecule has 0 aliphatic heterocycles. The van der Waals surface area contributed by atoms with Crippen LogP contribution in [0.5, 0.6) is 0 Å². The third-order valence-corrected chi connectivity index (χ3v) is 6.97. The van der Waals surface area contributed by atoms with E-state index in [0.717, 1.165) is 31.1 Å². The van der Waals surface area contributed by atoms with Crippen molar-refractivity contribution in [3.8, 4) is 0 Å². The quantitative estimate of drug-likeness (QED) is 0.124. The van der Waals surface area contributed by atoms with Crippen LogP contribution in [0.2, 0.25) is 0 Å². The highest BCUT2D eigenvalue weighted by molar-refractivity contribution is 4.57. The van der Waals surface area contributed by atoms with E-state index in [-0.39, 0.29) is 0 Å². The zero-order valence-corrected chi connectivity index (χ0v) is 27.8. The van der Waals surface area contributed by atoms with Gasteiger partial charge in [0.15, 0.2) is 0 Å².